The normalized spacial score (nSPS) is 12.7. The van der Waals surface area contributed by atoms with Gasteiger partial charge in [0.25, 0.3) is 0 Å². The molecule has 1 N–H and O–H groups in total. The molecule has 0 fully saturated rings. The number of likely N-dealkylation sites (N-methyl/N-ethyl adjacent to an activating group) is 1. The molecule has 0 saturated heterocycles. The monoisotopic (exact) mass is 127 g/mol. The Hall–Kier alpha value is -0.630. The molecule has 0 bridgehead atoms. The molecule has 9 heavy (non-hydrogen) atoms. The second-order valence-corrected chi connectivity index (χ2v) is 1.98. The van der Waals surface area contributed by atoms with E-state index in [1.54, 1.807) is 20.0 Å². The Morgan fingerprint density at radius 2 is 2.44 bits per heavy atom. The third-order valence-electron chi connectivity index (χ3n) is 1.24. The average Bonchev–Trinajstić information content (AvgIpc) is 1.82. The van der Waals surface area contributed by atoms with E-state index in [0.717, 1.165) is 0 Å². The summed E-state index contributed by atoms with van der Waals surface area (Å²) in [5.41, 5.74) is 0. The number of Topliss-reactive ketones (excluding diaryl/α,β-unsaturated/α-hetero) is 1. The minimum Gasteiger partial charge on any atom is -0.310 e. The van der Waals surface area contributed by atoms with Crippen LogP contribution in [0.5, 0.6) is 0 Å². The molecule has 0 amide bonds. The first kappa shape index (κ1) is 8.37. The summed E-state index contributed by atoms with van der Waals surface area (Å²) in [5.74, 6) is 0.164. The summed E-state index contributed by atoms with van der Waals surface area (Å²) in [6.07, 6.45) is 2.45. The fourth-order valence-electron chi connectivity index (χ4n) is 0.654. The van der Waals surface area contributed by atoms with Crippen LogP contribution in [-0.4, -0.2) is 18.9 Å². The standard InChI is InChI=1S/C7H13NO/c1-4-5-7(8-3)6(2)9/h4,7-8H,1,5H2,2-3H3. The van der Waals surface area contributed by atoms with Gasteiger partial charge in [0.15, 0.2) is 0 Å². The first-order valence-electron chi connectivity index (χ1n) is 3.01. The van der Waals surface area contributed by atoms with Crippen LogP contribution in [0.25, 0.3) is 0 Å². The Balaban J connectivity index is 3.67. The summed E-state index contributed by atoms with van der Waals surface area (Å²) < 4.78 is 0. The van der Waals surface area contributed by atoms with Crippen molar-refractivity contribution in [1.29, 1.82) is 0 Å². The van der Waals surface area contributed by atoms with E-state index in [4.69, 9.17) is 0 Å². The average molecular weight is 127 g/mol. The highest BCUT2D eigenvalue weighted by Crippen LogP contribution is 1.91. The fourth-order valence-corrected chi connectivity index (χ4v) is 0.654. The molecular weight excluding hydrogens is 114 g/mol. The van der Waals surface area contributed by atoms with Crippen LogP contribution in [-0.2, 0) is 4.79 Å². The minimum atomic E-state index is -0.0394. The van der Waals surface area contributed by atoms with Crippen molar-refractivity contribution in [3.63, 3.8) is 0 Å². The highest BCUT2D eigenvalue weighted by atomic mass is 16.1. The maximum atomic E-state index is 10.7. The molecule has 0 aromatic heterocycles. The zero-order chi connectivity index (χ0) is 7.28. The van der Waals surface area contributed by atoms with Crippen molar-refractivity contribution in [2.75, 3.05) is 7.05 Å². The second kappa shape index (κ2) is 4.27. The Morgan fingerprint density at radius 1 is 1.89 bits per heavy atom. The smallest absolute Gasteiger partial charge is 0.146 e. The van der Waals surface area contributed by atoms with E-state index in [9.17, 15) is 4.79 Å². The Bertz CT molecular complexity index is 109. The van der Waals surface area contributed by atoms with E-state index in [-0.39, 0.29) is 11.8 Å². The number of hydrogen-bond acceptors (Lipinski definition) is 2. The van der Waals surface area contributed by atoms with Gasteiger partial charge in [-0.25, -0.2) is 0 Å². The van der Waals surface area contributed by atoms with E-state index >= 15 is 0 Å². The van der Waals surface area contributed by atoms with Gasteiger partial charge in [0.2, 0.25) is 0 Å². The molecule has 2 nitrogen and oxygen atoms in total. The summed E-state index contributed by atoms with van der Waals surface area (Å²) in [6, 6.07) is -0.0394. The molecular formula is C7H13NO. The maximum Gasteiger partial charge on any atom is 0.146 e. The van der Waals surface area contributed by atoms with Crippen LogP contribution in [0.1, 0.15) is 13.3 Å². The highest BCUT2D eigenvalue weighted by Gasteiger charge is 2.07. The molecule has 0 saturated carbocycles. The lowest BCUT2D eigenvalue weighted by Gasteiger charge is -2.07. The van der Waals surface area contributed by atoms with Gasteiger partial charge < -0.3 is 5.32 Å². The molecule has 0 aliphatic heterocycles. The fraction of sp³-hybridized carbons (Fsp3) is 0.571. The van der Waals surface area contributed by atoms with Gasteiger partial charge in [-0.1, -0.05) is 6.08 Å². The maximum absolute atomic E-state index is 10.7. The molecule has 52 valence electrons. The molecule has 0 aliphatic rings. The zero-order valence-corrected chi connectivity index (χ0v) is 5.98. The highest BCUT2D eigenvalue weighted by molar-refractivity contribution is 5.81. The van der Waals surface area contributed by atoms with Crippen LogP contribution < -0.4 is 5.32 Å². The van der Waals surface area contributed by atoms with Gasteiger partial charge in [-0.3, -0.25) is 4.79 Å². The van der Waals surface area contributed by atoms with Gasteiger partial charge in [0, 0.05) is 0 Å². The predicted octanol–water partition coefficient (Wildman–Crippen LogP) is 0.739. The summed E-state index contributed by atoms with van der Waals surface area (Å²) in [5, 5.41) is 2.88. The van der Waals surface area contributed by atoms with Crippen molar-refractivity contribution in [2.24, 2.45) is 0 Å². The number of carbonyl (C=O) groups is 1. The molecule has 0 spiro atoms. The topological polar surface area (TPSA) is 29.1 Å². The first-order valence-corrected chi connectivity index (χ1v) is 3.01. The van der Waals surface area contributed by atoms with Crippen LogP contribution in [0.3, 0.4) is 0 Å². The quantitative estimate of drug-likeness (QED) is 0.564. The van der Waals surface area contributed by atoms with Gasteiger partial charge in [-0.15, -0.1) is 6.58 Å². The van der Waals surface area contributed by atoms with Crippen LogP contribution >= 0.6 is 0 Å². The van der Waals surface area contributed by atoms with E-state index in [0.29, 0.717) is 6.42 Å². The lowest BCUT2D eigenvalue weighted by atomic mass is 10.1. The van der Waals surface area contributed by atoms with Crippen molar-refractivity contribution in [2.45, 2.75) is 19.4 Å². The molecule has 0 radical (unpaired) electrons. The van der Waals surface area contributed by atoms with Crippen molar-refractivity contribution in [3.8, 4) is 0 Å². The van der Waals surface area contributed by atoms with E-state index in [1.807, 2.05) is 0 Å². The van der Waals surface area contributed by atoms with Crippen LogP contribution in [0.2, 0.25) is 0 Å². The summed E-state index contributed by atoms with van der Waals surface area (Å²) >= 11 is 0. The molecule has 0 aromatic carbocycles. The van der Waals surface area contributed by atoms with Crippen LogP contribution in [0, 0.1) is 0 Å². The van der Waals surface area contributed by atoms with Crippen LogP contribution in [0.4, 0.5) is 0 Å². The van der Waals surface area contributed by atoms with Gasteiger partial charge in [0.1, 0.15) is 5.78 Å². The SMILES string of the molecule is C=CCC(NC)C(C)=O. The van der Waals surface area contributed by atoms with E-state index < -0.39 is 0 Å². The lowest BCUT2D eigenvalue weighted by molar-refractivity contribution is -0.118. The number of nitrogens with one attached hydrogen (secondary N) is 1. The van der Waals surface area contributed by atoms with Crippen molar-refractivity contribution < 1.29 is 4.79 Å². The van der Waals surface area contributed by atoms with Gasteiger partial charge >= 0.3 is 0 Å². The number of hydrogen-bond donors (Lipinski definition) is 1. The van der Waals surface area contributed by atoms with E-state index in [2.05, 4.69) is 11.9 Å². The Kier molecular flexibility index (Phi) is 3.97. The van der Waals surface area contributed by atoms with Crippen LogP contribution in [0.15, 0.2) is 12.7 Å². The number of ketones is 1. The third-order valence-corrected chi connectivity index (χ3v) is 1.24. The summed E-state index contributed by atoms with van der Waals surface area (Å²) in [7, 11) is 1.77. The van der Waals surface area contributed by atoms with Crippen molar-refractivity contribution >= 4 is 5.78 Å². The number of carbonyl (C=O) groups excluding carboxylic acids is 1. The summed E-state index contributed by atoms with van der Waals surface area (Å²) in [4.78, 5) is 10.7. The minimum absolute atomic E-state index is 0.0394. The lowest BCUT2D eigenvalue weighted by Crippen LogP contribution is -2.31. The molecule has 1 atom stereocenters. The summed E-state index contributed by atoms with van der Waals surface area (Å²) in [6.45, 7) is 5.11. The molecule has 0 aliphatic carbocycles. The molecule has 1 unspecified atom stereocenters. The number of rotatable bonds is 4. The third kappa shape index (κ3) is 3.03. The Labute approximate surface area is 56.0 Å². The van der Waals surface area contributed by atoms with Gasteiger partial charge in [-0.2, -0.15) is 0 Å². The van der Waals surface area contributed by atoms with Gasteiger partial charge in [0.05, 0.1) is 6.04 Å². The first-order chi connectivity index (χ1) is 4.22. The van der Waals surface area contributed by atoms with Gasteiger partial charge in [-0.05, 0) is 20.4 Å². The Morgan fingerprint density at radius 3 is 2.56 bits per heavy atom. The van der Waals surface area contributed by atoms with E-state index in [1.165, 1.54) is 0 Å². The molecule has 2 heteroatoms. The second-order valence-electron chi connectivity index (χ2n) is 1.98. The predicted molar refractivity (Wildman–Crippen MR) is 38.3 cm³/mol. The molecule has 0 aromatic rings. The van der Waals surface area contributed by atoms with Crippen molar-refractivity contribution in [3.05, 3.63) is 12.7 Å². The zero-order valence-electron chi connectivity index (χ0n) is 5.98. The molecule has 0 heterocycles. The van der Waals surface area contributed by atoms with Crippen molar-refractivity contribution in [1.82, 2.24) is 5.32 Å². The largest absolute Gasteiger partial charge is 0.310 e. The molecule has 0 rings (SSSR count).